The molecular weight excluding hydrogens is 532 g/mol. The number of rotatable bonds is 15. The molecule has 0 bridgehead atoms. The number of pyridine rings is 2. The highest BCUT2D eigenvalue weighted by Gasteiger charge is 2.47. The zero-order chi connectivity index (χ0) is 32.6. The fourth-order valence-corrected chi connectivity index (χ4v) is 7.17. The van der Waals surface area contributed by atoms with Gasteiger partial charge in [0.05, 0.1) is 6.67 Å². The molecule has 2 amide bonds. The molecule has 0 aliphatic heterocycles. The molecule has 0 saturated heterocycles. The monoisotopic (exact) mass is 592 g/mol. The van der Waals surface area contributed by atoms with Gasteiger partial charge in [0.1, 0.15) is 0 Å². The molecule has 0 aliphatic rings. The highest BCUT2D eigenvalue weighted by molar-refractivity contribution is 5.81. The van der Waals surface area contributed by atoms with E-state index in [1.54, 1.807) is 0 Å². The highest BCUT2D eigenvalue weighted by Crippen LogP contribution is 2.54. The number of hydrogen-bond acceptors (Lipinski definition) is 4. The van der Waals surface area contributed by atoms with E-state index in [4.69, 9.17) is 0 Å². The lowest BCUT2D eigenvalue weighted by Gasteiger charge is -2.50. The van der Waals surface area contributed by atoms with E-state index in [1.165, 1.54) is 11.1 Å². The van der Waals surface area contributed by atoms with E-state index in [2.05, 4.69) is 121 Å². The van der Waals surface area contributed by atoms with Gasteiger partial charge in [0.25, 0.3) is 0 Å². The second-order valence-electron chi connectivity index (χ2n) is 15.6. The van der Waals surface area contributed by atoms with Crippen LogP contribution in [-0.4, -0.2) is 28.5 Å². The summed E-state index contributed by atoms with van der Waals surface area (Å²) in [6, 6.07) is 8.39. The molecule has 0 aliphatic carbocycles. The van der Waals surface area contributed by atoms with Gasteiger partial charge in [-0.3, -0.25) is 19.6 Å². The van der Waals surface area contributed by atoms with Crippen LogP contribution in [0.2, 0.25) is 0 Å². The zero-order valence-corrected chi connectivity index (χ0v) is 29.2. The summed E-state index contributed by atoms with van der Waals surface area (Å²) in [6.45, 7) is 26.7. The van der Waals surface area contributed by atoms with Crippen LogP contribution < -0.4 is 10.6 Å². The molecule has 0 aromatic carbocycles. The average molecular weight is 593 g/mol. The van der Waals surface area contributed by atoms with Crippen LogP contribution in [0.1, 0.15) is 132 Å². The largest absolute Gasteiger partial charge is 0.338 e. The van der Waals surface area contributed by atoms with E-state index >= 15 is 0 Å². The topological polar surface area (TPSA) is 84.0 Å². The summed E-state index contributed by atoms with van der Waals surface area (Å²) < 4.78 is 0. The predicted octanol–water partition coefficient (Wildman–Crippen LogP) is 8.51. The van der Waals surface area contributed by atoms with Crippen LogP contribution in [0.5, 0.6) is 0 Å². The molecule has 0 radical (unpaired) electrons. The first-order valence-corrected chi connectivity index (χ1v) is 16.2. The maximum absolute atomic E-state index is 13.7. The lowest BCUT2D eigenvalue weighted by Crippen LogP contribution is -2.48. The van der Waals surface area contributed by atoms with Crippen molar-refractivity contribution in [3.8, 4) is 0 Å². The molecule has 6 nitrogen and oxygen atoms in total. The van der Waals surface area contributed by atoms with Crippen molar-refractivity contribution in [1.29, 1.82) is 0 Å². The van der Waals surface area contributed by atoms with Crippen LogP contribution in [-0.2, 0) is 9.59 Å². The Morgan fingerprint density at radius 3 is 1.58 bits per heavy atom. The molecule has 240 valence electrons. The van der Waals surface area contributed by atoms with E-state index in [1.807, 2.05) is 31.7 Å². The molecule has 4 atom stereocenters. The summed E-state index contributed by atoms with van der Waals surface area (Å²) in [4.78, 5) is 35.2. The van der Waals surface area contributed by atoms with Gasteiger partial charge < -0.3 is 10.6 Å². The van der Waals surface area contributed by atoms with Crippen LogP contribution >= 0.6 is 0 Å². The van der Waals surface area contributed by atoms with Crippen molar-refractivity contribution in [2.24, 2.45) is 33.5 Å². The van der Waals surface area contributed by atoms with Gasteiger partial charge in [0.15, 0.2) is 0 Å². The minimum atomic E-state index is -0.237. The third-order valence-corrected chi connectivity index (χ3v) is 10.5. The fraction of sp³-hybridized carbons (Fsp3) is 0.676. The summed E-state index contributed by atoms with van der Waals surface area (Å²) in [5.74, 6) is 0.234. The number of carbonyl (C=O) groups is 2. The molecule has 0 saturated carbocycles. The van der Waals surface area contributed by atoms with Gasteiger partial charge >= 0.3 is 0 Å². The number of amides is 2. The predicted molar refractivity (Wildman–Crippen MR) is 178 cm³/mol. The number of nitrogens with zero attached hydrogens (tertiary/aromatic N) is 2. The van der Waals surface area contributed by atoms with Crippen molar-refractivity contribution in [3.05, 3.63) is 60.2 Å². The molecule has 0 spiro atoms. The first kappa shape index (κ1) is 36.4. The Morgan fingerprint density at radius 1 is 0.698 bits per heavy atom. The molecule has 6 heteroatoms. The Hall–Kier alpha value is -2.76. The lowest BCUT2D eigenvalue weighted by molar-refractivity contribution is -0.131. The number of aromatic nitrogens is 2. The molecule has 2 N–H and O–H groups in total. The molecule has 4 unspecified atom stereocenters. The quantitative estimate of drug-likeness (QED) is 0.203. The van der Waals surface area contributed by atoms with Gasteiger partial charge in [-0.25, -0.2) is 0 Å². The first-order chi connectivity index (χ1) is 19.9. The standard InChI is InChI=1S/C37H60N4O2/c1-13-29(27-15-19-38-20-16-27)35(7,8)23-26(3)32(42)40-25-41-33(43)31(34(4,5)6)24-36(9,10)37(11,12)30(14-2)28-17-21-39-22-18-28/h15-22,26,29-31H,13-14,23-25H2,1-12H3,(H,40,42)(H,41,43). The van der Waals surface area contributed by atoms with E-state index in [-0.39, 0.29) is 52.0 Å². The van der Waals surface area contributed by atoms with E-state index < -0.39 is 0 Å². The Morgan fingerprint density at radius 2 is 1.14 bits per heavy atom. The van der Waals surface area contributed by atoms with Crippen molar-refractivity contribution in [1.82, 2.24) is 20.6 Å². The molecular formula is C37H60N4O2. The maximum atomic E-state index is 13.7. The van der Waals surface area contributed by atoms with Crippen LogP contribution in [0, 0.1) is 33.5 Å². The van der Waals surface area contributed by atoms with Gasteiger partial charge in [-0.1, -0.05) is 83.1 Å². The van der Waals surface area contributed by atoms with Crippen molar-refractivity contribution >= 4 is 11.8 Å². The third kappa shape index (κ3) is 9.36. The summed E-state index contributed by atoms with van der Waals surface area (Å²) in [7, 11) is 0. The Balaban J connectivity index is 2.06. The number of carbonyl (C=O) groups excluding carboxylic acids is 2. The van der Waals surface area contributed by atoms with Gasteiger partial charge in [-0.15, -0.1) is 0 Å². The van der Waals surface area contributed by atoms with Crippen LogP contribution in [0.3, 0.4) is 0 Å². The lowest BCUT2D eigenvalue weighted by atomic mass is 9.55. The maximum Gasteiger partial charge on any atom is 0.225 e. The SMILES string of the molecule is CCC(c1ccncc1)C(C)(C)CC(C)C(=O)NCNC(=O)C(CC(C)(C)C(C)(C)C(CC)c1ccncc1)C(C)(C)C. The van der Waals surface area contributed by atoms with E-state index in [0.29, 0.717) is 11.8 Å². The first-order valence-electron chi connectivity index (χ1n) is 16.2. The molecule has 0 fully saturated rings. The van der Waals surface area contributed by atoms with Gasteiger partial charge in [-0.05, 0) is 94.6 Å². The second-order valence-corrected chi connectivity index (χ2v) is 15.6. The second kappa shape index (κ2) is 14.8. The molecule has 2 rings (SSSR count). The minimum absolute atomic E-state index is 0.00893. The summed E-state index contributed by atoms with van der Waals surface area (Å²) >= 11 is 0. The van der Waals surface area contributed by atoms with Crippen molar-refractivity contribution in [3.63, 3.8) is 0 Å². The normalized spacial score (nSPS) is 15.7. The molecule has 2 heterocycles. The zero-order valence-electron chi connectivity index (χ0n) is 29.2. The van der Waals surface area contributed by atoms with Crippen molar-refractivity contribution in [2.45, 2.75) is 121 Å². The van der Waals surface area contributed by atoms with Crippen molar-refractivity contribution in [2.75, 3.05) is 6.67 Å². The molecule has 43 heavy (non-hydrogen) atoms. The smallest absolute Gasteiger partial charge is 0.225 e. The number of hydrogen-bond donors (Lipinski definition) is 2. The van der Waals surface area contributed by atoms with Crippen LogP contribution in [0.15, 0.2) is 49.1 Å². The van der Waals surface area contributed by atoms with E-state index in [9.17, 15) is 9.59 Å². The average Bonchev–Trinajstić information content (AvgIpc) is 2.92. The number of nitrogens with one attached hydrogen (secondary N) is 2. The van der Waals surface area contributed by atoms with Crippen LogP contribution in [0.25, 0.3) is 0 Å². The Bertz CT molecular complexity index is 1150. The molecule has 2 aromatic rings. The van der Waals surface area contributed by atoms with Gasteiger partial charge in [0.2, 0.25) is 11.8 Å². The van der Waals surface area contributed by atoms with Gasteiger partial charge in [-0.2, -0.15) is 0 Å². The summed E-state index contributed by atoms with van der Waals surface area (Å²) in [5, 5.41) is 6.05. The van der Waals surface area contributed by atoms with Gasteiger partial charge in [0, 0.05) is 36.6 Å². The third-order valence-electron chi connectivity index (χ3n) is 10.5. The molecule has 2 aromatic heterocycles. The highest BCUT2D eigenvalue weighted by atomic mass is 16.2. The fourth-order valence-electron chi connectivity index (χ4n) is 7.17. The van der Waals surface area contributed by atoms with E-state index in [0.717, 1.165) is 25.7 Å². The minimum Gasteiger partial charge on any atom is -0.338 e. The van der Waals surface area contributed by atoms with Crippen molar-refractivity contribution < 1.29 is 9.59 Å². The summed E-state index contributed by atoms with van der Waals surface area (Å²) in [6.07, 6.45) is 10.9. The Kier molecular flexibility index (Phi) is 12.5. The van der Waals surface area contributed by atoms with Crippen LogP contribution in [0.4, 0.5) is 0 Å². The Labute approximate surface area is 262 Å². The summed E-state index contributed by atoms with van der Waals surface area (Å²) in [5.41, 5.74) is 2.03.